The molecule has 1 aliphatic heterocycles. The van der Waals surface area contributed by atoms with Crippen molar-refractivity contribution in [3.05, 3.63) is 28.2 Å². The van der Waals surface area contributed by atoms with Crippen LogP contribution in [0.15, 0.2) is 18.2 Å². The number of likely N-dealkylation sites (tertiary alicyclic amines) is 1. The van der Waals surface area contributed by atoms with E-state index in [4.69, 9.17) is 27.9 Å². The van der Waals surface area contributed by atoms with Crippen LogP contribution < -0.4 is 5.32 Å². The molecule has 9 heteroatoms. The second-order valence-corrected chi connectivity index (χ2v) is 8.71. The van der Waals surface area contributed by atoms with E-state index < -0.39 is 24.5 Å². The first-order valence-corrected chi connectivity index (χ1v) is 10.3. The number of hydrogen-bond donors (Lipinski definition) is 1. The van der Waals surface area contributed by atoms with Gasteiger partial charge >= 0.3 is 5.97 Å². The molecule has 3 aliphatic rings. The normalized spacial score (nSPS) is 28.4. The lowest BCUT2D eigenvalue weighted by atomic mass is 9.81. The molecule has 1 N–H and O–H groups in total. The third-order valence-corrected chi connectivity index (χ3v) is 6.98. The first kappa shape index (κ1) is 20.2. The smallest absolute Gasteiger partial charge is 0.329 e. The van der Waals surface area contributed by atoms with Crippen molar-refractivity contribution < 1.29 is 23.9 Å². The number of ether oxygens (including phenoxy) is 1. The molecule has 0 aromatic heterocycles. The maximum atomic E-state index is 12.8. The van der Waals surface area contributed by atoms with E-state index >= 15 is 0 Å². The highest BCUT2D eigenvalue weighted by molar-refractivity contribution is 6.42. The Morgan fingerprint density at radius 3 is 2.34 bits per heavy atom. The van der Waals surface area contributed by atoms with Gasteiger partial charge in [0.05, 0.1) is 21.9 Å². The molecule has 2 bridgehead atoms. The summed E-state index contributed by atoms with van der Waals surface area (Å²) >= 11 is 11.7. The highest BCUT2D eigenvalue weighted by Gasteiger charge is 2.62. The Labute approximate surface area is 177 Å². The molecule has 2 aliphatic carbocycles. The fraction of sp³-hybridized carbons (Fsp3) is 0.500. The van der Waals surface area contributed by atoms with Crippen LogP contribution in [0.3, 0.4) is 0 Å². The van der Waals surface area contributed by atoms with Crippen molar-refractivity contribution in [2.45, 2.75) is 32.2 Å². The number of amides is 3. The Balaban J connectivity index is 1.34. The van der Waals surface area contributed by atoms with E-state index in [1.807, 2.05) is 0 Å². The summed E-state index contributed by atoms with van der Waals surface area (Å²) in [6.07, 6.45) is 2.85. The van der Waals surface area contributed by atoms with Crippen molar-refractivity contribution in [3.63, 3.8) is 0 Å². The van der Waals surface area contributed by atoms with Crippen LogP contribution in [0.2, 0.25) is 10.0 Å². The van der Waals surface area contributed by atoms with Gasteiger partial charge in [0.15, 0.2) is 6.61 Å². The minimum absolute atomic E-state index is 0.242. The van der Waals surface area contributed by atoms with Crippen LogP contribution in [-0.2, 0) is 23.9 Å². The minimum Gasteiger partial charge on any atom is -0.454 e. The standard InChI is InChI=1S/C20H20Cl2N2O5/c1-9(24-18(26)16-10-2-3-11(6-10)17(16)19(24)27)20(28)29-8-15(25)23-12-4-5-13(21)14(22)7-12/h4-5,7,9-11,16-17H,2-3,6,8H2,1H3,(H,23,25)/t9-,10-,11-,16-,17+/m0/s1. The number of hydrogen-bond acceptors (Lipinski definition) is 5. The van der Waals surface area contributed by atoms with E-state index in [2.05, 4.69) is 5.32 Å². The summed E-state index contributed by atoms with van der Waals surface area (Å²) in [5.41, 5.74) is 0.404. The van der Waals surface area contributed by atoms with E-state index in [-0.39, 0.29) is 40.5 Å². The molecule has 29 heavy (non-hydrogen) atoms. The maximum Gasteiger partial charge on any atom is 0.329 e. The summed E-state index contributed by atoms with van der Waals surface area (Å²) in [6, 6.07) is 3.51. The third-order valence-electron chi connectivity index (χ3n) is 6.24. The zero-order chi connectivity index (χ0) is 20.9. The van der Waals surface area contributed by atoms with Crippen molar-refractivity contribution in [2.75, 3.05) is 11.9 Å². The number of anilines is 1. The Morgan fingerprint density at radius 1 is 1.14 bits per heavy atom. The second kappa shape index (κ2) is 7.61. The SMILES string of the molecule is C[C@@H](C(=O)OCC(=O)Nc1ccc(Cl)c(Cl)c1)N1C(=O)[C@@H]2[C@H]3CC[C@@H](C3)[C@@H]2C1=O. The van der Waals surface area contributed by atoms with Gasteiger partial charge < -0.3 is 10.1 Å². The van der Waals surface area contributed by atoms with Gasteiger partial charge in [-0.2, -0.15) is 0 Å². The first-order chi connectivity index (χ1) is 13.8. The van der Waals surface area contributed by atoms with Crippen molar-refractivity contribution >= 4 is 52.6 Å². The molecule has 154 valence electrons. The van der Waals surface area contributed by atoms with Crippen LogP contribution in [0.5, 0.6) is 0 Å². The lowest BCUT2D eigenvalue weighted by Crippen LogP contribution is -2.45. The van der Waals surface area contributed by atoms with E-state index in [9.17, 15) is 19.2 Å². The molecular weight excluding hydrogens is 419 g/mol. The number of nitrogens with zero attached hydrogens (tertiary/aromatic N) is 1. The zero-order valence-electron chi connectivity index (χ0n) is 15.7. The maximum absolute atomic E-state index is 12.8. The van der Waals surface area contributed by atoms with Crippen molar-refractivity contribution in [2.24, 2.45) is 23.7 Å². The quantitative estimate of drug-likeness (QED) is 0.563. The van der Waals surface area contributed by atoms with Crippen molar-refractivity contribution in [3.8, 4) is 0 Å². The number of nitrogens with one attached hydrogen (secondary N) is 1. The van der Waals surface area contributed by atoms with Crippen LogP contribution in [0.1, 0.15) is 26.2 Å². The molecule has 1 aromatic carbocycles. The Morgan fingerprint density at radius 2 is 1.76 bits per heavy atom. The Bertz CT molecular complexity index is 877. The Kier molecular flexibility index (Phi) is 5.29. The zero-order valence-corrected chi connectivity index (χ0v) is 17.2. The summed E-state index contributed by atoms with van der Waals surface area (Å²) in [7, 11) is 0. The second-order valence-electron chi connectivity index (χ2n) is 7.89. The summed E-state index contributed by atoms with van der Waals surface area (Å²) in [4.78, 5) is 51.0. The molecular formula is C20H20Cl2N2O5. The minimum atomic E-state index is -1.06. The molecule has 3 fully saturated rings. The summed E-state index contributed by atoms with van der Waals surface area (Å²) < 4.78 is 5.04. The van der Waals surface area contributed by atoms with Gasteiger partial charge in [0.2, 0.25) is 11.8 Å². The Hall–Kier alpha value is -2.12. The lowest BCUT2D eigenvalue weighted by molar-refractivity contribution is -0.159. The predicted octanol–water partition coefficient (Wildman–Crippen LogP) is 2.89. The number of esters is 1. The summed E-state index contributed by atoms with van der Waals surface area (Å²) in [5.74, 6) is -2.03. The van der Waals surface area contributed by atoms with Gasteiger partial charge in [-0.05, 0) is 56.2 Å². The third kappa shape index (κ3) is 3.51. The number of benzene rings is 1. The average Bonchev–Trinajstić information content (AvgIpc) is 3.36. The fourth-order valence-corrected chi connectivity index (χ4v) is 5.25. The molecule has 7 nitrogen and oxygen atoms in total. The molecule has 5 atom stereocenters. The number of imide groups is 1. The summed E-state index contributed by atoms with van der Waals surface area (Å²) in [5, 5.41) is 3.17. The molecule has 0 radical (unpaired) electrons. The number of halogens is 2. The average molecular weight is 439 g/mol. The molecule has 1 saturated heterocycles. The van der Waals surface area contributed by atoms with Gasteiger partial charge in [0, 0.05) is 5.69 Å². The van der Waals surface area contributed by atoms with E-state index in [0.29, 0.717) is 10.7 Å². The predicted molar refractivity (Wildman–Crippen MR) is 105 cm³/mol. The van der Waals surface area contributed by atoms with E-state index in [1.165, 1.54) is 19.1 Å². The molecule has 4 rings (SSSR count). The van der Waals surface area contributed by atoms with Gasteiger partial charge in [0.1, 0.15) is 6.04 Å². The molecule has 0 spiro atoms. The number of rotatable bonds is 5. The highest BCUT2D eigenvalue weighted by atomic mass is 35.5. The molecule has 2 saturated carbocycles. The van der Waals surface area contributed by atoms with E-state index in [0.717, 1.165) is 24.2 Å². The van der Waals surface area contributed by atoms with Crippen LogP contribution in [-0.4, -0.2) is 41.2 Å². The number of carbonyl (C=O) groups excluding carboxylic acids is 4. The van der Waals surface area contributed by atoms with Gasteiger partial charge in [-0.1, -0.05) is 23.2 Å². The monoisotopic (exact) mass is 438 g/mol. The van der Waals surface area contributed by atoms with Gasteiger partial charge in [0.25, 0.3) is 5.91 Å². The fourth-order valence-electron chi connectivity index (χ4n) is 4.95. The molecule has 0 unspecified atom stereocenters. The largest absolute Gasteiger partial charge is 0.454 e. The molecule has 1 heterocycles. The van der Waals surface area contributed by atoms with Crippen molar-refractivity contribution in [1.29, 1.82) is 0 Å². The van der Waals surface area contributed by atoms with Crippen LogP contribution >= 0.6 is 23.2 Å². The topological polar surface area (TPSA) is 92.8 Å². The van der Waals surface area contributed by atoms with Crippen molar-refractivity contribution in [1.82, 2.24) is 4.90 Å². The molecule has 1 aromatic rings. The first-order valence-electron chi connectivity index (χ1n) is 9.56. The number of fused-ring (bicyclic) bond motifs is 5. The lowest BCUT2D eigenvalue weighted by Gasteiger charge is -2.23. The van der Waals surface area contributed by atoms with Gasteiger partial charge in [-0.15, -0.1) is 0 Å². The number of carbonyl (C=O) groups is 4. The summed E-state index contributed by atoms with van der Waals surface area (Å²) in [6.45, 7) is 0.912. The highest BCUT2D eigenvalue weighted by Crippen LogP contribution is 2.56. The van der Waals surface area contributed by atoms with Crippen LogP contribution in [0, 0.1) is 23.7 Å². The van der Waals surface area contributed by atoms with Crippen LogP contribution in [0.4, 0.5) is 5.69 Å². The van der Waals surface area contributed by atoms with Gasteiger partial charge in [-0.3, -0.25) is 19.3 Å². The van der Waals surface area contributed by atoms with Crippen LogP contribution in [0.25, 0.3) is 0 Å². The molecule has 3 amide bonds. The van der Waals surface area contributed by atoms with Gasteiger partial charge in [-0.25, -0.2) is 4.79 Å². The van der Waals surface area contributed by atoms with E-state index in [1.54, 1.807) is 6.07 Å².